The van der Waals surface area contributed by atoms with Gasteiger partial charge in [-0.05, 0) is 26.4 Å². The average molecular weight is 144 g/mol. The van der Waals surface area contributed by atoms with E-state index in [4.69, 9.17) is 5.73 Å². The first-order valence-corrected chi connectivity index (χ1v) is 3.77. The summed E-state index contributed by atoms with van der Waals surface area (Å²) in [6.45, 7) is 2.20. The number of rotatable bonds is 1. The van der Waals surface area contributed by atoms with Crippen molar-refractivity contribution in [2.24, 2.45) is 5.73 Å². The molecule has 3 nitrogen and oxygen atoms in total. The maximum absolute atomic E-state index is 9.68. The SMILES string of the molecule is CN1CCC[C@@](O)(CN)C1. The van der Waals surface area contributed by atoms with Gasteiger partial charge in [0.1, 0.15) is 0 Å². The van der Waals surface area contributed by atoms with Crippen LogP contribution in [0.1, 0.15) is 12.8 Å². The number of nitrogens with two attached hydrogens (primary N) is 1. The largest absolute Gasteiger partial charge is 0.387 e. The molecule has 0 radical (unpaired) electrons. The summed E-state index contributed by atoms with van der Waals surface area (Å²) in [5, 5.41) is 9.68. The second-order valence-electron chi connectivity index (χ2n) is 3.27. The van der Waals surface area contributed by atoms with Gasteiger partial charge in [0.25, 0.3) is 0 Å². The summed E-state index contributed by atoms with van der Waals surface area (Å²) in [5.74, 6) is 0. The van der Waals surface area contributed by atoms with Crippen molar-refractivity contribution in [3.8, 4) is 0 Å². The van der Waals surface area contributed by atoms with E-state index in [9.17, 15) is 5.11 Å². The molecule has 1 heterocycles. The smallest absolute Gasteiger partial charge is 0.0895 e. The molecular weight excluding hydrogens is 128 g/mol. The van der Waals surface area contributed by atoms with Crippen LogP contribution >= 0.6 is 0 Å². The molecule has 0 aromatic carbocycles. The first-order chi connectivity index (χ1) is 4.66. The predicted octanol–water partition coefficient (Wildman–Crippen LogP) is -0.598. The lowest BCUT2D eigenvalue weighted by Crippen LogP contribution is -2.51. The third kappa shape index (κ3) is 1.68. The minimum Gasteiger partial charge on any atom is -0.387 e. The van der Waals surface area contributed by atoms with Gasteiger partial charge in [-0.1, -0.05) is 0 Å². The van der Waals surface area contributed by atoms with E-state index in [2.05, 4.69) is 4.90 Å². The Kier molecular flexibility index (Phi) is 2.28. The summed E-state index contributed by atoms with van der Waals surface area (Å²) in [6, 6.07) is 0. The maximum Gasteiger partial charge on any atom is 0.0895 e. The highest BCUT2D eigenvalue weighted by atomic mass is 16.3. The number of likely N-dealkylation sites (N-methyl/N-ethyl adjacent to an activating group) is 1. The Hall–Kier alpha value is -0.120. The number of piperidine rings is 1. The van der Waals surface area contributed by atoms with Crippen molar-refractivity contribution in [1.82, 2.24) is 4.90 Å². The molecule has 0 amide bonds. The van der Waals surface area contributed by atoms with Gasteiger partial charge in [-0.3, -0.25) is 0 Å². The molecule has 1 fully saturated rings. The van der Waals surface area contributed by atoms with Gasteiger partial charge >= 0.3 is 0 Å². The fraction of sp³-hybridized carbons (Fsp3) is 1.00. The Balaban J connectivity index is 2.45. The zero-order chi connectivity index (χ0) is 7.61. The lowest BCUT2D eigenvalue weighted by Gasteiger charge is -2.36. The molecule has 0 bridgehead atoms. The molecule has 3 N–H and O–H groups in total. The summed E-state index contributed by atoms with van der Waals surface area (Å²) in [6.07, 6.45) is 1.91. The standard InChI is InChI=1S/C7H16N2O/c1-9-4-2-3-7(10,5-8)6-9/h10H,2-6,8H2,1H3/t7-/m1/s1. The van der Waals surface area contributed by atoms with Gasteiger partial charge in [0.2, 0.25) is 0 Å². The van der Waals surface area contributed by atoms with Gasteiger partial charge in [-0.25, -0.2) is 0 Å². The Morgan fingerprint density at radius 1 is 1.70 bits per heavy atom. The molecule has 10 heavy (non-hydrogen) atoms. The Bertz CT molecular complexity index is 118. The van der Waals surface area contributed by atoms with E-state index in [0.29, 0.717) is 6.54 Å². The summed E-state index contributed by atoms with van der Waals surface area (Å²) in [5.41, 5.74) is 4.82. The summed E-state index contributed by atoms with van der Waals surface area (Å²) < 4.78 is 0. The van der Waals surface area contributed by atoms with Crippen LogP contribution in [0.5, 0.6) is 0 Å². The quantitative estimate of drug-likeness (QED) is 0.517. The second-order valence-corrected chi connectivity index (χ2v) is 3.27. The van der Waals surface area contributed by atoms with E-state index in [0.717, 1.165) is 25.9 Å². The molecule has 3 heteroatoms. The molecule has 0 aromatic rings. The predicted molar refractivity (Wildman–Crippen MR) is 40.7 cm³/mol. The molecule has 0 aliphatic carbocycles. The Morgan fingerprint density at radius 2 is 2.40 bits per heavy atom. The zero-order valence-electron chi connectivity index (χ0n) is 6.51. The van der Waals surface area contributed by atoms with Crippen molar-refractivity contribution in [3.63, 3.8) is 0 Å². The fourth-order valence-corrected chi connectivity index (χ4v) is 1.51. The third-order valence-corrected chi connectivity index (χ3v) is 2.13. The highest BCUT2D eigenvalue weighted by Crippen LogP contribution is 2.17. The number of likely N-dealkylation sites (tertiary alicyclic amines) is 1. The second kappa shape index (κ2) is 2.86. The lowest BCUT2D eigenvalue weighted by molar-refractivity contribution is -0.0151. The van der Waals surface area contributed by atoms with E-state index in [1.54, 1.807) is 0 Å². The van der Waals surface area contributed by atoms with Crippen LogP contribution in [0.25, 0.3) is 0 Å². The number of hydrogen-bond acceptors (Lipinski definition) is 3. The van der Waals surface area contributed by atoms with Crippen LogP contribution in [0.3, 0.4) is 0 Å². The summed E-state index contributed by atoms with van der Waals surface area (Å²) in [4.78, 5) is 2.12. The van der Waals surface area contributed by atoms with Gasteiger partial charge in [0.05, 0.1) is 5.60 Å². The van der Waals surface area contributed by atoms with Crippen LogP contribution in [0.2, 0.25) is 0 Å². The number of hydrogen-bond donors (Lipinski definition) is 2. The van der Waals surface area contributed by atoms with E-state index in [1.807, 2.05) is 7.05 Å². The van der Waals surface area contributed by atoms with Crippen molar-refractivity contribution in [3.05, 3.63) is 0 Å². The van der Waals surface area contributed by atoms with Gasteiger partial charge in [-0.15, -0.1) is 0 Å². The lowest BCUT2D eigenvalue weighted by atomic mass is 9.93. The summed E-state index contributed by atoms with van der Waals surface area (Å²) >= 11 is 0. The molecule has 0 unspecified atom stereocenters. The molecule has 1 rings (SSSR count). The van der Waals surface area contributed by atoms with Gasteiger partial charge in [0.15, 0.2) is 0 Å². The van der Waals surface area contributed by atoms with E-state index < -0.39 is 5.60 Å². The third-order valence-electron chi connectivity index (χ3n) is 2.13. The molecule has 0 saturated carbocycles. The zero-order valence-corrected chi connectivity index (χ0v) is 6.51. The first kappa shape index (κ1) is 7.98. The van der Waals surface area contributed by atoms with E-state index >= 15 is 0 Å². The van der Waals surface area contributed by atoms with Crippen molar-refractivity contribution in [1.29, 1.82) is 0 Å². The first-order valence-electron chi connectivity index (χ1n) is 3.77. The molecule has 1 aliphatic rings. The molecular formula is C7H16N2O. The van der Waals surface area contributed by atoms with Crippen molar-refractivity contribution >= 4 is 0 Å². The monoisotopic (exact) mass is 144 g/mol. The Labute approximate surface area is 61.8 Å². The van der Waals surface area contributed by atoms with Crippen LogP contribution in [-0.2, 0) is 0 Å². The molecule has 0 spiro atoms. The number of β-amino-alcohol motifs (C(OH)–C–C–N with tert-alkyl or cyclic N) is 1. The summed E-state index contributed by atoms with van der Waals surface area (Å²) in [7, 11) is 2.01. The maximum atomic E-state index is 9.68. The normalized spacial score (nSPS) is 36.3. The number of nitrogens with zero attached hydrogens (tertiary/aromatic N) is 1. The van der Waals surface area contributed by atoms with E-state index in [-0.39, 0.29) is 0 Å². The average Bonchev–Trinajstić information content (AvgIpc) is 1.88. The van der Waals surface area contributed by atoms with Crippen molar-refractivity contribution in [2.75, 3.05) is 26.7 Å². The molecule has 60 valence electrons. The molecule has 1 atom stereocenters. The van der Waals surface area contributed by atoms with Crippen LogP contribution in [0.15, 0.2) is 0 Å². The van der Waals surface area contributed by atoms with Gasteiger partial charge in [0, 0.05) is 13.1 Å². The highest BCUT2D eigenvalue weighted by molar-refractivity contribution is 4.86. The minimum atomic E-state index is -0.604. The van der Waals surface area contributed by atoms with Gasteiger partial charge < -0.3 is 15.7 Å². The minimum absolute atomic E-state index is 0.386. The van der Waals surface area contributed by atoms with Crippen molar-refractivity contribution < 1.29 is 5.11 Å². The fourth-order valence-electron chi connectivity index (χ4n) is 1.51. The topological polar surface area (TPSA) is 49.5 Å². The Morgan fingerprint density at radius 3 is 2.80 bits per heavy atom. The highest BCUT2D eigenvalue weighted by Gasteiger charge is 2.29. The van der Waals surface area contributed by atoms with Crippen LogP contribution in [-0.4, -0.2) is 42.3 Å². The molecule has 1 aliphatic heterocycles. The number of aliphatic hydroxyl groups is 1. The van der Waals surface area contributed by atoms with Crippen LogP contribution in [0.4, 0.5) is 0 Å². The van der Waals surface area contributed by atoms with E-state index in [1.165, 1.54) is 0 Å². The van der Waals surface area contributed by atoms with Crippen LogP contribution < -0.4 is 5.73 Å². The van der Waals surface area contributed by atoms with Crippen molar-refractivity contribution in [2.45, 2.75) is 18.4 Å². The van der Waals surface area contributed by atoms with Crippen LogP contribution in [0, 0.1) is 0 Å². The molecule has 0 aromatic heterocycles. The molecule has 1 saturated heterocycles. The van der Waals surface area contributed by atoms with Gasteiger partial charge in [-0.2, -0.15) is 0 Å².